The number of aromatic amines is 1. The molecule has 2 aromatic heterocycles. The number of hydrogen-bond acceptors (Lipinski definition) is 4. The highest BCUT2D eigenvalue weighted by Crippen LogP contribution is 2.11. The Kier molecular flexibility index (Phi) is 5.80. The second kappa shape index (κ2) is 8.26. The van der Waals surface area contributed by atoms with Crippen LogP contribution >= 0.6 is 12.2 Å². The van der Waals surface area contributed by atoms with Crippen molar-refractivity contribution in [2.45, 2.75) is 32.9 Å². The van der Waals surface area contributed by atoms with Crippen molar-refractivity contribution in [1.29, 1.82) is 0 Å². The number of nitrogens with one attached hydrogen (secondary N) is 1. The maximum atomic E-state index is 13.0. The van der Waals surface area contributed by atoms with Crippen LogP contribution < -0.4 is 0 Å². The van der Waals surface area contributed by atoms with Crippen molar-refractivity contribution in [3.8, 4) is 5.69 Å². The first kappa shape index (κ1) is 19.0. The van der Waals surface area contributed by atoms with Gasteiger partial charge in [-0.1, -0.05) is 6.92 Å². The minimum atomic E-state index is -0.295. The number of nitrogens with zero attached hydrogens (tertiary/aromatic N) is 5. The molecule has 0 saturated carbocycles. The predicted molar refractivity (Wildman–Crippen MR) is 101 cm³/mol. The van der Waals surface area contributed by atoms with E-state index in [4.69, 9.17) is 12.2 Å². The number of halogens is 1. The molecule has 0 unspecified atom stereocenters. The zero-order valence-electron chi connectivity index (χ0n) is 15.2. The molecule has 0 fully saturated rings. The number of benzene rings is 1. The molecule has 0 radical (unpaired) electrons. The van der Waals surface area contributed by atoms with Crippen LogP contribution in [0.25, 0.3) is 5.69 Å². The van der Waals surface area contributed by atoms with Crippen molar-refractivity contribution >= 4 is 18.1 Å². The Hall–Kier alpha value is -2.81. The minimum Gasteiger partial charge on any atom is -0.340 e. The fraction of sp³-hybridized carbons (Fsp3) is 0.333. The standard InChI is InChI=1S/C18H21FN6OS/c1-3-4-16-21-22-18(27)24(16)12-17(26)23(2)10-13-9-20-25(11-13)15-7-5-14(19)6-8-15/h5-9,11H,3-4,10,12H2,1-2H3,(H,22,27). The smallest absolute Gasteiger partial charge is 0.242 e. The van der Waals surface area contributed by atoms with Crippen molar-refractivity contribution in [3.05, 3.63) is 58.6 Å². The molecule has 1 amide bonds. The van der Waals surface area contributed by atoms with Crippen LogP contribution in [0.3, 0.4) is 0 Å². The van der Waals surface area contributed by atoms with Crippen molar-refractivity contribution in [2.75, 3.05) is 7.05 Å². The normalized spacial score (nSPS) is 10.9. The molecule has 7 nitrogen and oxygen atoms in total. The highest BCUT2D eigenvalue weighted by atomic mass is 32.1. The van der Waals surface area contributed by atoms with Gasteiger partial charge in [-0.25, -0.2) is 9.07 Å². The van der Waals surface area contributed by atoms with E-state index in [-0.39, 0.29) is 18.3 Å². The van der Waals surface area contributed by atoms with Gasteiger partial charge in [0.2, 0.25) is 5.91 Å². The van der Waals surface area contributed by atoms with E-state index < -0.39 is 0 Å². The molecule has 0 spiro atoms. The van der Waals surface area contributed by atoms with E-state index >= 15 is 0 Å². The second-order valence-corrected chi connectivity index (χ2v) is 6.69. The van der Waals surface area contributed by atoms with Crippen molar-refractivity contribution in [1.82, 2.24) is 29.4 Å². The Morgan fingerprint density at radius 2 is 2.07 bits per heavy atom. The quantitative estimate of drug-likeness (QED) is 0.632. The number of rotatable bonds is 7. The summed E-state index contributed by atoms with van der Waals surface area (Å²) in [6.07, 6.45) is 5.20. The summed E-state index contributed by atoms with van der Waals surface area (Å²) in [4.78, 5) is 14.2. The molecule has 9 heteroatoms. The number of likely N-dealkylation sites (N-methyl/N-ethyl adjacent to an activating group) is 1. The van der Waals surface area contributed by atoms with Crippen LogP contribution in [0.4, 0.5) is 4.39 Å². The van der Waals surface area contributed by atoms with Crippen LogP contribution in [-0.2, 0) is 24.3 Å². The highest BCUT2D eigenvalue weighted by Gasteiger charge is 2.15. The molecule has 3 aromatic rings. The maximum absolute atomic E-state index is 13.0. The van der Waals surface area contributed by atoms with Gasteiger partial charge in [-0.05, 0) is 42.9 Å². The van der Waals surface area contributed by atoms with Crippen molar-refractivity contribution in [3.63, 3.8) is 0 Å². The minimum absolute atomic E-state index is 0.0700. The largest absolute Gasteiger partial charge is 0.340 e. The van der Waals surface area contributed by atoms with Crippen LogP contribution in [0.1, 0.15) is 24.7 Å². The molecule has 0 bridgehead atoms. The van der Waals surface area contributed by atoms with Gasteiger partial charge in [0.25, 0.3) is 0 Å². The van der Waals surface area contributed by atoms with Gasteiger partial charge in [-0.3, -0.25) is 14.5 Å². The number of carbonyl (C=O) groups is 1. The molecule has 3 rings (SSSR count). The molecule has 27 heavy (non-hydrogen) atoms. The lowest BCUT2D eigenvalue weighted by molar-refractivity contribution is -0.131. The van der Waals surface area contributed by atoms with Gasteiger partial charge < -0.3 is 4.90 Å². The molecule has 142 valence electrons. The third-order valence-corrected chi connectivity index (χ3v) is 4.49. The Balaban J connectivity index is 1.66. The number of amides is 1. The van der Waals surface area contributed by atoms with E-state index in [2.05, 4.69) is 22.2 Å². The molecule has 1 aromatic carbocycles. The molecule has 1 N–H and O–H groups in total. The second-order valence-electron chi connectivity index (χ2n) is 6.30. The van der Waals surface area contributed by atoms with Crippen LogP contribution in [0, 0.1) is 10.6 Å². The topological polar surface area (TPSA) is 71.7 Å². The summed E-state index contributed by atoms with van der Waals surface area (Å²) in [5.41, 5.74) is 1.63. The fourth-order valence-corrected chi connectivity index (χ4v) is 2.94. The summed E-state index contributed by atoms with van der Waals surface area (Å²) in [6.45, 7) is 2.61. The van der Waals surface area contributed by atoms with E-state index in [1.165, 1.54) is 12.1 Å². The zero-order chi connectivity index (χ0) is 19.4. The Morgan fingerprint density at radius 1 is 1.33 bits per heavy atom. The molecule has 2 heterocycles. The maximum Gasteiger partial charge on any atom is 0.242 e. The van der Waals surface area contributed by atoms with E-state index in [0.717, 1.165) is 29.9 Å². The third-order valence-electron chi connectivity index (χ3n) is 4.18. The highest BCUT2D eigenvalue weighted by molar-refractivity contribution is 7.71. The molecule has 0 saturated heterocycles. The van der Waals surface area contributed by atoms with Gasteiger partial charge >= 0.3 is 0 Å². The van der Waals surface area contributed by atoms with E-state index in [1.807, 2.05) is 6.20 Å². The summed E-state index contributed by atoms with van der Waals surface area (Å²) in [7, 11) is 1.74. The van der Waals surface area contributed by atoms with Gasteiger partial charge in [0, 0.05) is 31.8 Å². The van der Waals surface area contributed by atoms with Gasteiger partial charge in [0.05, 0.1) is 11.9 Å². The molecule has 0 aliphatic heterocycles. The first-order chi connectivity index (χ1) is 13.0. The average molecular weight is 388 g/mol. The number of aryl methyl sites for hydroxylation is 1. The Morgan fingerprint density at radius 3 is 2.78 bits per heavy atom. The van der Waals surface area contributed by atoms with Crippen molar-refractivity contribution in [2.24, 2.45) is 0 Å². The summed E-state index contributed by atoms with van der Waals surface area (Å²) in [5, 5.41) is 11.2. The first-order valence-electron chi connectivity index (χ1n) is 8.65. The van der Waals surface area contributed by atoms with E-state index in [1.54, 1.807) is 39.5 Å². The lowest BCUT2D eigenvalue weighted by atomic mass is 10.3. The first-order valence-corrected chi connectivity index (χ1v) is 9.06. The van der Waals surface area contributed by atoms with Gasteiger partial charge in [-0.15, -0.1) is 0 Å². The molecule has 0 atom stereocenters. The van der Waals surface area contributed by atoms with Crippen LogP contribution in [-0.4, -0.2) is 42.4 Å². The van der Waals surface area contributed by atoms with Crippen molar-refractivity contribution < 1.29 is 9.18 Å². The number of aromatic nitrogens is 5. The SMILES string of the molecule is CCCc1n[nH]c(=S)n1CC(=O)N(C)Cc1cnn(-c2ccc(F)cc2)c1. The predicted octanol–water partition coefficient (Wildman–Crippen LogP) is 2.88. The third kappa shape index (κ3) is 4.48. The van der Waals surface area contributed by atoms with E-state index in [0.29, 0.717) is 11.3 Å². The summed E-state index contributed by atoms with van der Waals surface area (Å²) in [6, 6.07) is 6.07. The van der Waals surface area contributed by atoms with Crippen LogP contribution in [0.5, 0.6) is 0 Å². The van der Waals surface area contributed by atoms with Gasteiger partial charge in [-0.2, -0.15) is 10.2 Å². The van der Waals surface area contributed by atoms with Gasteiger partial charge in [0.1, 0.15) is 18.2 Å². The monoisotopic (exact) mass is 388 g/mol. The lowest BCUT2D eigenvalue weighted by Gasteiger charge is -2.17. The van der Waals surface area contributed by atoms with Crippen LogP contribution in [0.2, 0.25) is 0 Å². The molecular formula is C18H21FN6OS. The molecular weight excluding hydrogens is 367 g/mol. The summed E-state index contributed by atoms with van der Waals surface area (Å²) >= 11 is 5.22. The average Bonchev–Trinajstić information content (AvgIpc) is 3.24. The molecule has 0 aliphatic rings. The molecule has 0 aliphatic carbocycles. The summed E-state index contributed by atoms with van der Waals surface area (Å²) < 4.78 is 16.9. The summed E-state index contributed by atoms with van der Waals surface area (Å²) in [5.74, 6) is 0.421. The van der Waals surface area contributed by atoms with Crippen LogP contribution in [0.15, 0.2) is 36.7 Å². The number of H-pyrrole nitrogens is 1. The Bertz CT molecular complexity index is 974. The lowest BCUT2D eigenvalue weighted by Crippen LogP contribution is -2.30. The van der Waals surface area contributed by atoms with Gasteiger partial charge in [0.15, 0.2) is 4.77 Å². The Labute approximate surface area is 161 Å². The zero-order valence-corrected chi connectivity index (χ0v) is 16.0. The number of carbonyl (C=O) groups excluding carboxylic acids is 1. The number of hydrogen-bond donors (Lipinski definition) is 1. The van der Waals surface area contributed by atoms with E-state index in [9.17, 15) is 9.18 Å². The fourth-order valence-electron chi connectivity index (χ4n) is 2.72.